The second kappa shape index (κ2) is 5.91. The maximum absolute atomic E-state index is 12.1. The SMILES string of the molecule is NC1CCC(NC(=O)c2cccc(Cl)c2Cl)CC1. The molecule has 0 unspecified atom stereocenters. The summed E-state index contributed by atoms with van der Waals surface area (Å²) in [5, 5.41) is 3.69. The average Bonchev–Trinajstić information content (AvgIpc) is 2.35. The molecule has 0 radical (unpaired) electrons. The van der Waals surface area contributed by atoms with Crippen molar-refractivity contribution in [2.45, 2.75) is 37.8 Å². The number of carbonyl (C=O) groups excluding carboxylic acids is 1. The maximum atomic E-state index is 12.1. The van der Waals surface area contributed by atoms with E-state index in [9.17, 15) is 4.79 Å². The average molecular weight is 287 g/mol. The van der Waals surface area contributed by atoms with Crippen LogP contribution in [-0.4, -0.2) is 18.0 Å². The van der Waals surface area contributed by atoms with E-state index < -0.39 is 0 Å². The van der Waals surface area contributed by atoms with E-state index in [1.807, 2.05) is 0 Å². The van der Waals surface area contributed by atoms with Gasteiger partial charge >= 0.3 is 0 Å². The minimum Gasteiger partial charge on any atom is -0.349 e. The van der Waals surface area contributed by atoms with E-state index >= 15 is 0 Å². The standard InChI is InChI=1S/C13H16Cl2N2O/c14-11-3-1-2-10(12(11)15)13(18)17-9-6-4-8(16)5-7-9/h1-3,8-9H,4-7,16H2,(H,17,18). The zero-order valence-corrected chi connectivity index (χ0v) is 11.5. The van der Waals surface area contributed by atoms with Crippen LogP contribution >= 0.6 is 23.2 Å². The minimum atomic E-state index is -0.164. The third-order valence-electron chi connectivity index (χ3n) is 3.30. The first-order chi connectivity index (χ1) is 8.58. The largest absolute Gasteiger partial charge is 0.349 e. The van der Waals surface area contributed by atoms with Gasteiger partial charge in [-0.25, -0.2) is 0 Å². The molecule has 1 aliphatic carbocycles. The second-order valence-electron chi connectivity index (χ2n) is 4.69. The van der Waals surface area contributed by atoms with E-state index in [2.05, 4.69) is 5.32 Å². The Morgan fingerprint density at radius 1 is 1.22 bits per heavy atom. The Hall–Kier alpha value is -0.770. The molecule has 0 aliphatic heterocycles. The van der Waals surface area contributed by atoms with Crippen LogP contribution in [-0.2, 0) is 0 Å². The molecule has 0 aromatic heterocycles. The summed E-state index contributed by atoms with van der Waals surface area (Å²) in [6, 6.07) is 5.53. The van der Waals surface area contributed by atoms with Crippen LogP contribution in [0.25, 0.3) is 0 Å². The summed E-state index contributed by atoms with van der Waals surface area (Å²) >= 11 is 11.9. The number of hydrogen-bond acceptors (Lipinski definition) is 2. The smallest absolute Gasteiger partial charge is 0.253 e. The molecular weight excluding hydrogens is 271 g/mol. The van der Waals surface area contributed by atoms with Gasteiger partial charge in [0.15, 0.2) is 0 Å². The number of benzene rings is 1. The van der Waals surface area contributed by atoms with Gasteiger partial charge in [-0.1, -0.05) is 29.3 Å². The Balaban J connectivity index is 2.01. The fourth-order valence-electron chi connectivity index (χ4n) is 2.21. The van der Waals surface area contributed by atoms with Crippen LogP contribution < -0.4 is 11.1 Å². The Bertz CT molecular complexity index is 443. The third-order valence-corrected chi connectivity index (χ3v) is 4.12. The fraction of sp³-hybridized carbons (Fsp3) is 0.462. The van der Waals surface area contributed by atoms with Gasteiger partial charge in [0.1, 0.15) is 0 Å². The van der Waals surface area contributed by atoms with Crippen molar-refractivity contribution < 1.29 is 4.79 Å². The molecule has 3 N–H and O–H groups in total. The van der Waals surface area contributed by atoms with Crippen molar-refractivity contribution in [2.75, 3.05) is 0 Å². The number of carbonyl (C=O) groups is 1. The van der Waals surface area contributed by atoms with Crippen LogP contribution in [0.4, 0.5) is 0 Å². The Kier molecular flexibility index (Phi) is 4.49. The first kappa shape index (κ1) is 13.7. The van der Waals surface area contributed by atoms with Crippen molar-refractivity contribution in [1.29, 1.82) is 0 Å². The summed E-state index contributed by atoms with van der Waals surface area (Å²) in [6.07, 6.45) is 3.75. The quantitative estimate of drug-likeness (QED) is 0.878. The molecule has 0 bridgehead atoms. The molecule has 3 nitrogen and oxygen atoms in total. The van der Waals surface area contributed by atoms with Crippen molar-refractivity contribution in [3.8, 4) is 0 Å². The summed E-state index contributed by atoms with van der Waals surface area (Å²) in [5.74, 6) is -0.164. The highest BCUT2D eigenvalue weighted by molar-refractivity contribution is 6.43. The highest BCUT2D eigenvalue weighted by Crippen LogP contribution is 2.26. The van der Waals surface area contributed by atoms with Crippen molar-refractivity contribution in [3.63, 3.8) is 0 Å². The Morgan fingerprint density at radius 2 is 1.89 bits per heavy atom. The van der Waals surface area contributed by atoms with Gasteiger partial charge in [-0.3, -0.25) is 4.79 Å². The first-order valence-electron chi connectivity index (χ1n) is 6.08. The van der Waals surface area contributed by atoms with Crippen LogP contribution in [0, 0.1) is 0 Å². The lowest BCUT2D eigenvalue weighted by Gasteiger charge is -2.26. The predicted octanol–water partition coefficient (Wildman–Crippen LogP) is 2.99. The van der Waals surface area contributed by atoms with E-state index in [1.165, 1.54) is 0 Å². The molecule has 1 saturated carbocycles. The lowest BCUT2D eigenvalue weighted by molar-refractivity contribution is 0.0926. The molecule has 1 fully saturated rings. The van der Waals surface area contributed by atoms with Gasteiger partial charge in [0.25, 0.3) is 5.91 Å². The van der Waals surface area contributed by atoms with Crippen LogP contribution in [0.3, 0.4) is 0 Å². The molecule has 0 atom stereocenters. The van der Waals surface area contributed by atoms with E-state index in [1.54, 1.807) is 18.2 Å². The van der Waals surface area contributed by atoms with Gasteiger partial charge in [-0.05, 0) is 37.8 Å². The Morgan fingerprint density at radius 3 is 2.56 bits per heavy atom. The topological polar surface area (TPSA) is 55.1 Å². The van der Waals surface area contributed by atoms with Gasteiger partial charge in [0.05, 0.1) is 15.6 Å². The molecule has 1 aliphatic rings. The van der Waals surface area contributed by atoms with Gasteiger partial charge in [0.2, 0.25) is 0 Å². The fourth-order valence-corrected chi connectivity index (χ4v) is 2.59. The summed E-state index contributed by atoms with van der Waals surface area (Å²) in [5.41, 5.74) is 6.26. The highest BCUT2D eigenvalue weighted by Gasteiger charge is 2.21. The summed E-state index contributed by atoms with van der Waals surface area (Å²) < 4.78 is 0. The second-order valence-corrected chi connectivity index (χ2v) is 5.47. The minimum absolute atomic E-state index is 0.164. The number of nitrogens with two attached hydrogens (primary N) is 1. The number of hydrogen-bond donors (Lipinski definition) is 2. The lowest BCUT2D eigenvalue weighted by Crippen LogP contribution is -2.40. The molecule has 1 aromatic carbocycles. The van der Waals surface area contributed by atoms with E-state index in [0.29, 0.717) is 15.6 Å². The lowest BCUT2D eigenvalue weighted by atomic mass is 9.91. The zero-order chi connectivity index (χ0) is 13.1. The van der Waals surface area contributed by atoms with E-state index in [4.69, 9.17) is 28.9 Å². The summed E-state index contributed by atoms with van der Waals surface area (Å²) in [7, 11) is 0. The predicted molar refractivity (Wildman–Crippen MR) is 74.2 cm³/mol. The molecule has 0 heterocycles. The normalized spacial score (nSPS) is 23.7. The first-order valence-corrected chi connectivity index (χ1v) is 6.84. The summed E-state index contributed by atoms with van der Waals surface area (Å²) in [6.45, 7) is 0. The molecule has 5 heteroatoms. The molecule has 2 rings (SSSR count). The third kappa shape index (κ3) is 3.16. The van der Waals surface area contributed by atoms with Crippen LogP contribution in [0.2, 0.25) is 10.0 Å². The Labute approximate surface area is 117 Å². The van der Waals surface area contributed by atoms with Gasteiger partial charge in [-0.15, -0.1) is 0 Å². The molecule has 1 amide bonds. The molecule has 0 spiro atoms. The molecule has 98 valence electrons. The van der Waals surface area contributed by atoms with E-state index in [-0.39, 0.29) is 18.0 Å². The number of rotatable bonds is 2. The number of nitrogens with one attached hydrogen (secondary N) is 1. The monoisotopic (exact) mass is 286 g/mol. The van der Waals surface area contributed by atoms with Gasteiger partial charge in [0, 0.05) is 12.1 Å². The van der Waals surface area contributed by atoms with Crippen LogP contribution in [0.15, 0.2) is 18.2 Å². The summed E-state index contributed by atoms with van der Waals surface area (Å²) in [4.78, 5) is 12.1. The molecule has 1 aromatic rings. The molecular formula is C13H16Cl2N2O. The van der Waals surface area contributed by atoms with Crippen molar-refractivity contribution in [2.24, 2.45) is 5.73 Å². The van der Waals surface area contributed by atoms with Crippen molar-refractivity contribution in [3.05, 3.63) is 33.8 Å². The van der Waals surface area contributed by atoms with Crippen molar-refractivity contribution in [1.82, 2.24) is 5.32 Å². The maximum Gasteiger partial charge on any atom is 0.253 e. The highest BCUT2D eigenvalue weighted by atomic mass is 35.5. The van der Waals surface area contributed by atoms with Crippen molar-refractivity contribution >= 4 is 29.1 Å². The van der Waals surface area contributed by atoms with E-state index in [0.717, 1.165) is 25.7 Å². The zero-order valence-electron chi connectivity index (χ0n) is 9.96. The molecule has 18 heavy (non-hydrogen) atoms. The molecule has 0 saturated heterocycles. The van der Waals surface area contributed by atoms with Crippen LogP contribution in [0.5, 0.6) is 0 Å². The van der Waals surface area contributed by atoms with Gasteiger partial charge < -0.3 is 11.1 Å². The van der Waals surface area contributed by atoms with Crippen LogP contribution in [0.1, 0.15) is 36.0 Å². The number of halogens is 2. The number of amides is 1. The van der Waals surface area contributed by atoms with Gasteiger partial charge in [-0.2, -0.15) is 0 Å².